The average molecular weight is 342 g/mol. The average Bonchev–Trinajstić information content (AvgIpc) is 2.92. The first-order valence-electron chi connectivity index (χ1n) is 6.58. The molecule has 0 saturated carbocycles. The molecule has 1 heterocycles. The molecule has 1 aromatic heterocycles. The Morgan fingerprint density at radius 2 is 1.91 bits per heavy atom. The molecule has 0 aliphatic carbocycles. The van der Waals surface area contributed by atoms with Crippen molar-refractivity contribution in [3.8, 4) is 10.6 Å². The molecule has 0 aliphatic rings. The van der Waals surface area contributed by atoms with Crippen LogP contribution in [0.5, 0.6) is 0 Å². The zero-order valence-electron chi connectivity index (χ0n) is 12.4. The van der Waals surface area contributed by atoms with Crippen LogP contribution in [0.25, 0.3) is 10.6 Å². The van der Waals surface area contributed by atoms with Crippen molar-refractivity contribution in [3.63, 3.8) is 0 Å². The van der Waals surface area contributed by atoms with E-state index in [1.807, 2.05) is 20.8 Å². The summed E-state index contributed by atoms with van der Waals surface area (Å²) in [7, 11) is 0. The fourth-order valence-electron chi connectivity index (χ4n) is 1.51. The number of hydrogen-bond donors (Lipinski definition) is 0. The highest BCUT2D eigenvalue weighted by Crippen LogP contribution is 2.27. The molecule has 3 nitrogen and oxygen atoms in total. The van der Waals surface area contributed by atoms with Gasteiger partial charge in [0.15, 0.2) is 0 Å². The van der Waals surface area contributed by atoms with Crippen molar-refractivity contribution >= 4 is 28.9 Å². The summed E-state index contributed by atoms with van der Waals surface area (Å²) < 4.78 is 40.5. The van der Waals surface area contributed by atoms with Gasteiger partial charge in [-0.3, -0.25) is 0 Å². The molecule has 0 N–H and O–H groups in total. The zero-order valence-corrected chi connectivity index (χ0v) is 14.0. The molecule has 1 aromatic carbocycles. The number of alkyl halides is 2. The van der Waals surface area contributed by atoms with Gasteiger partial charge in [0.25, 0.3) is 6.43 Å². The number of aromatic nitrogens is 1. The molecular weight excluding hydrogens is 326 g/mol. The van der Waals surface area contributed by atoms with Crippen LogP contribution < -0.4 is 0 Å². The maximum atomic E-state index is 12.5. The third-order valence-electron chi connectivity index (χ3n) is 2.73. The first-order valence-corrected chi connectivity index (χ1v) is 8.50. The van der Waals surface area contributed by atoms with Crippen LogP contribution in [0.15, 0.2) is 34.9 Å². The van der Waals surface area contributed by atoms with Gasteiger partial charge in [-0.1, -0.05) is 28.7 Å². The third kappa shape index (κ3) is 4.34. The number of nitrogens with zero attached hydrogens (tertiary/aromatic N) is 2. The van der Waals surface area contributed by atoms with Crippen LogP contribution in [0.1, 0.15) is 37.6 Å². The minimum absolute atomic E-state index is 0.0114. The van der Waals surface area contributed by atoms with Crippen LogP contribution in [0.3, 0.4) is 0 Å². The van der Waals surface area contributed by atoms with Gasteiger partial charge in [0, 0.05) is 17.3 Å². The lowest BCUT2D eigenvalue weighted by atomic mass is 10.1. The minimum Gasteiger partial charge on any atom is -0.591 e. The topological polar surface area (TPSA) is 48.3 Å². The first-order chi connectivity index (χ1) is 10.3. The summed E-state index contributed by atoms with van der Waals surface area (Å²) in [5, 5.41) is 0.712. The SMILES string of the molecule is CC(C)(C)[S+]([O-])/N=C/c1cnc(-c2ccc(C(F)F)cc2)s1. The van der Waals surface area contributed by atoms with Crippen LogP contribution in [0, 0.1) is 0 Å². The summed E-state index contributed by atoms with van der Waals surface area (Å²) >= 11 is 0.0541. The molecule has 7 heteroatoms. The van der Waals surface area contributed by atoms with E-state index < -0.39 is 22.5 Å². The first kappa shape index (κ1) is 17.1. The van der Waals surface area contributed by atoms with Gasteiger partial charge in [0.2, 0.25) is 0 Å². The van der Waals surface area contributed by atoms with Crippen molar-refractivity contribution in [2.45, 2.75) is 31.9 Å². The van der Waals surface area contributed by atoms with Crippen LogP contribution in [0.4, 0.5) is 8.78 Å². The second kappa shape index (κ2) is 6.85. The van der Waals surface area contributed by atoms with Gasteiger partial charge in [0.05, 0.1) is 11.1 Å². The van der Waals surface area contributed by atoms with Crippen molar-refractivity contribution in [1.82, 2.24) is 4.98 Å². The minimum atomic E-state index is -2.47. The largest absolute Gasteiger partial charge is 0.591 e. The molecule has 2 aromatic rings. The normalized spacial score (nSPS) is 14.0. The Bertz CT molecular complexity index is 648. The monoisotopic (exact) mass is 342 g/mol. The summed E-state index contributed by atoms with van der Waals surface area (Å²) in [5.74, 6) is 0. The van der Waals surface area contributed by atoms with Gasteiger partial charge < -0.3 is 4.55 Å². The van der Waals surface area contributed by atoms with E-state index in [1.54, 1.807) is 18.3 Å². The Morgan fingerprint density at radius 1 is 1.27 bits per heavy atom. The Hall–Kier alpha value is -1.31. The van der Waals surface area contributed by atoms with E-state index >= 15 is 0 Å². The molecule has 0 bridgehead atoms. The second-order valence-corrected chi connectivity index (χ2v) is 8.58. The molecule has 0 amide bonds. The molecule has 0 radical (unpaired) electrons. The van der Waals surface area contributed by atoms with Crippen molar-refractivity contribution < 1.29 is 13.3 Å². The number of rotatable bonds is 4. The highest BCUT2D eigenvalue weighted by molar-refractivity contribution is 7.91. The van der Waals surface area contributed by atoms with Crippen molar-refractivity contribution in [1.29, 1.82) is 0 Å². The Morgan fingerprint density at radius 3 is 2.45 bits per heavy atom. The predicted octanol–water partition coefficient (Wildman–Crippen LogP) is 4.63. The second-order valence-electron chi connectivity index (χ2n) is 5.59. The molecule has 22 heavy (non-hydrogen) atoms. The lowest BCUT2D eigenvalue weighted by Crippen LogP contribution is -2.25. The van der Waals surface area contributed by atoms with Gasteiger partial charge >= 0.3 is 0 Å². The van der Waals surface area contributed by atoms with Crippen molar-refractivity contribution in [3.05, 3.63) is 40.9 Å². The summed E-state index contributed by atoms with van der Waals surface area (Å²) in [6.45, 7) is 5.55. The van der Waals surface area contributed by atoms with Crippen LogP contribution in [-0.4, -0.2) is 20.5 Å². The lowest BCUT2D eigenvalue weighted by Gasteiger charge is -2.17. The maximum Gasteiger partial charge on any atom is 0.263 e. The van der Waals surface area contributed by atoms with Crippen molar-refractivity contribution in [2.24, 2.45) is 4.40 Å². The number of benzene rings is 1. The Balaban J connectivity index is 2.13. The van der Waals surface area contributed by atoms with E-state index in [0.717, 1.165) is 10.4 Å². The van der Waals surface area contributed by atoms with E-state index in [1.165, 1.54) is 29.7 Å². The fraction of sp³-hybridized carbons (Fsp3) is 0.333. The molecule has 1 unspecified atom stereocenters. The summed E-state index contributed by atoms with van der Waals surface area (Å²) in [4.78, 5) is 5.01. The third-order valence-corrected chi connectivity index (χ3v) is 5.06. The Kier molecular flexibility index (Phi) is 5.31. The van der Waals surface area contributed by atoms with E-state index in [9.17, 15) is 13.3 Å². The van der Waals surface area contributed by atoms with E-state index in [4.69, 9.17) is 0 Å². The fourth-order valence-corrected chi connectivity index (χ4v) is 2.89. The standard InChI is InChI=1S/C15H16F2N2OS2/c1-15(2,3)22(20)19-9-12-8-18-14(21-12)11-6-4-10(5-7-11)13(16)17/h4-9,13H,1-3H3/b19-9+. The lowest BCUT2D eigenvalue weighted by molar-refractivity contribution is 0.151. The van der Waals surface area contributed by atoms with E-state index in [2.05, 4.69) is 9.38 Å². The van der Waals surface area contributed by atoms with Gasteiger partial charge in [-0.2, -0.15) is 0 Å². The van der Waals surface area contributed by atoms with Gasteiger partial charge in [-0.05, 0) is 20.8 Å². The molecule has 2 rings (SSSR count). The van der Waals surface area contributed by atoms with Crippen LogP contribution in [0.2, 0.25) is 0 Å². The number of thiazole rings is 1. The number of hydrogen-bond acceptors (Lipinski definition) is 4. The van der Waals surface area contributed by atoms with Gasteiger partial charge in [-0.25, -0.2) is 13.8 Å². The highest BCUT2D eigenvalue weighted by atomic mass is 32.2. The molecule has 0 aliphatic heterocycles. The number of halogens is 2. The molecule has 1 atom stereocenters. The van der Waals surface area contributed by atoms with Crippen LogP contribution in [-0.2, 0) is 11.4 Å². The maximum absolute atomic E-state index is 12.5. The Labute approximate surface area is 135 Å². The highest BCUT2D eigenvalue weighted by Gasteiger charge is 2.25. The van der Waals surface area contributed by atoms with Gasteiger partial charge in [0.1, 0.15) is 21.1 Å². The van der Waals surface area contributed by atoms with Crippen LogP contribution >= 0.6 is 11.3 Å². The van der Waals surface area contributed by atoms with E-state index in [0.29, 0.717) is 5.01 Å². The molecule has 0 saturated heterocycles. The summed E-state index contributed by atoms with van der Waals surface area (Å²) in [5.41, 5.74) is 0.758. The molecule has 0 fully saturated rings. The zero-order chi connectivity index (χ0) is 16.3. The quantitative estimate of drug-likeness (QED) is 0.601. The summed E-state index contributed by atoms with van der Waals surface area (Å²) in [6.07, 6.45) is 0.695. The van der Waals surface area contributed by atoms with Crippen molar-refractivity contribution in [2.75, 3.05) is 0 Å². The molecular formula is C15H16F2N2OS2. The van der Waals surface area contributed by atoms with E-state index in [-0.39, 0.29) is 5.56 Å². The summed E-state index contributed by atoms with van der Waals surface area (Å²) in [6, 6.07) is 6.02. The predicted molar refractivity (Wildman–Crippen MR) is 88.0 cm³/mol. The smallest absolute Gasteiger partial charge is 0.263 e. The molecule has 118 valence electrons. The molecule has 0 spiro atoms. The van der Waals surface area contributed by atoms with Gasteiger partial charge in [-0.15, -0.1) is 11.3 Å².